The third-order valence-electron chi connectivity index (χ3n) is 2.32. The SMILES string of the molecule is COC(=O)c1nn(COCC[Si](C)(C)C)cc1I. The molecule has 102 valence electrons. The molecule has 0 N–H and O–H groups in total. The molecular formula is C11H19IN2O3Si. The van der Waals surface area contributed by atoms with Crippen molar-refractivity contribution >= 4 is 36.6 Å². The summed E-state index contributed by atoms with van der Waals surface area (Å²) >= 11 is 2.06. The molecule has 0 atom stereocenters. The van der Waals surface area contributed by atoms with Crippen molar-refractivity contribution in [1.82, 2.24) is 9.78 Å². The van der Waals surface area contributed by atoms with Crippen LogP contribution in [0.2, 0.25) is 25.7 Å². The van der Waals surface area contributed by atoms with Gasteiger partial charge in [-0.25, -0.2) is 9.48 Å². The Morgan fingerprint density at radius 1 is 1.50 bits per heavy atom. The molecule has 1 rings (SSSR count). The number of aromatic nitrogens is 2. The third-order valence-corrected chi connectivity index (χ3v) is 4.81. The number of halogens is 1. The highest BCUT2D eigenvalue weighted by Crippen LogP contribution is 2.12. The number of rotatable bonds is 6. The van der Waals surface area contributed by atoms with Gasteiger partial charge in [0, 0.05) is 20.9 Å². The second-order valence-electron chi connectivity index (χ2n) is 5.20. The van der Waals surface area contributed by atoms with Gasteiger partial charge in [0.1, 0.15) is 6.73 Å². The van der Waals surface area contributed by atoms with Gasteiger partial charge in [-0.05, 0) is 28.6 Å². The summed E-state index contributed by atoms with van der Waals surface area (Å²) in [7, 11) is 0.294. The van der Waals surface area contributed by atoms with E-state index in [9.17, 15) is 4.79 Å². The Labute approximate surface area is 122 Å². The molecule has 0 fully saturated rings. The van der Waals surface area contributed by atoms with Crippen molar-refractivity contribution in [3.8, 4) is 0 Å². The van der Waals surface area contributed by atoms with Gasteiger partial charge in [0.25, 0.3) is 0 Å². The number of hydrogen-bond acceptors (Lipinski definition) is 4. The van der Waals surface area contributed by atoms with E-state index >= 15 is 0 Å². The van der Waals surface area contributed by atoms with Gasteiger partial charge in [-0.2, -0.15) is 5.10 Å². The lowest BCUT2D eigenvalue weighted by Gasteiger charge is -2.15. The Balaban J connectivity index is 2.47. The first-order valence-electron chi connectivity index (χ1n) is 5.72. The van der Waals surface area contributed by atoms with Crippen LogP contribution in [0.25, 0.3) is 0 Å². The molecule has 0 amide bonds. The largest absolute Gasteiger partial charge is 0.464 e. The van der Waals surface area contributed by atoms with E-state index in [1.807, 2.05) is 0 Å². The van der Waals surface area contributed by atoms with Crippen molar-refractivity contribution in [2.45, 2.75) is 32.4 Å². The Kier molecular flexibility index (Phi) is 5.79. The summed E-state index contributed by atoms with van der Waals surface area (Å²) < 4.78 is 12.6. The number of nitrogens with zero attached hydrogens (tertiary/aromatic N) is 2. The molecule has 0 saturated heterocycles. The van der Waals surface area contributed by atoms with E-state index in [0.717, 1.165) is 16.2 Å². The maximum Gasteiger partial charge on any atom is 0.359 e. The Morgan fingerprint density at radius 3 is 2.72 bits per heavy atom. The quantitative estimate of drug-likeness (QED) is 0.329. The number of esters is 1. The molecule has 0 aliphatic heterocycles. The normalized spacial score (nSPS) is 11.6. The smallest absolute Gasteiger partial charge is 0.359 e. The van der Waals surface area contributed by atoms with Crippen molar-refractivity contribution in [3.63, 3.8) is 0 Å². The second kappa shape index (κ2) is 6.67. The average Bonchev–Trinajstić information content (AvgIpc) is 2.64. The first kappa shape index (κ1) is 15.6. The molecule has 0 bridgehead atoms. The topological polar surface area (TPSA) is 53.3 Å². The maximum atomic E-state index is 11.4. The summed E-state index contributed by atoms with van der Waals surface area (Å²) in [5, 5.41) is 4.14. The van der Waals surface area contributed by atoms with Crippen LogP contribution in [0.15, 0.2) is 6.20 Å². The number of hydrogen-bond donors (Lipinski definition) is 0. The summed E-state index contributed by atoms with van der Waals surface area (Å²) in [6.07, 6.45) is 1.78. The Morgan fingerprint density at radius 2 is 2.17 bits per heavy atom. The molecule has 7 heteroatoms. The number of ether oxygens (including phenoxy) is 2. The van der Waals surface area contributed by atoms with Gasteiger partial charge in [0.2, 0.25) is 0 Å². The molecule has 1 aromatic rings. The number of methoxy groups -OCH3 is 1. The predicted octanol–water partition coefficient (Wildman–Crippen LogP) is 2.59. The lowest BCUT2D eigenvalue weighted by molar-refractivity contribution is 0.0581. The van der Waals surface area contributed by atoms with Crippen LogP contribution >= 0.6 is 22.6 Å². The predicted molar refractivity (Wildman–Crippen MR) is 80.4 cm³/mol. The monoisotopic (exact) mass is 382 g/mol. The number of carbonyl (C=O) groups excluding carboxylic acids is 1. The lowest BCUT2D eigenvalue weighted by Crippen LogP contribution is -2.22. The first-order chi connectivity index (χ1) is 8.33. The van der Waals surface area contributed by atoms with Crippen LogP contribution in [0.4, 0.5) is 0 Å². The van der Waals surface area contributed by atoms with Crippen LogP contribution in [0, 0.1) is 3.57 Å². The van der Waals surface area contributed by atoms with E-state index in [1.165, 1.54) is 7.11 Å². The van der Waals surface area contributed by atoms with E-state index in [1.54, 1.807) is 10.9 Å². The highest BCUT2D eigenvalue weighted by atomic mass is 127. The molecule has 0 unspecified atom stereocenters. The molecule has 5 nitrogen and oxygen atoms in total. The van der Waals surface area contributed by atoms with Gasteiger partial charge in [-0.15, -0.1) is 0 Å². The van der Waals surface area contributed by atoms with Crippen LogP contribution in [0.5, 0.6) is 0 Å². The van der Waals surface area contributed by atoms with E-state index in [4.69, 9.17) is 4.74 Å². The first-order valence-corrected chi connectivity index (χ1v) is 10.5. The molecule has 0 spiro atoms. The molecule has 0 saturated carbocycles. The number of carbonyl (C=O) groups is 1. The highest BCUT2D eigenvalue weighted by molar-refractivity contribution is 14.1. The zero-order valence-electron chi connectivity index (χ0n) is 11.2. The summed E-state index contributed by atoms with van der Waals surface area (Å²) in [6.45, 7) is 8.03. The molecule has 1 aromatic heterocycles. The van der Waals surface area contributed by atoms with Gasteiger partial charge in [-0.3, -0.25) is 0 Å². The van der Waals surface area contributed by atoms with Crippen LogP contribution < -0.4 is 0 Å². The minimum absolute atomic E-state index is 0.340. The molecule has 0 radical (unpaired) electrons. The molecule has 0 aliphatic carbocycles. The van der Waals surface area contributed by atoms with Crippen LogP contribution in [-0.4, -0.2) is 37.5 Å². The van der Waals surface area contributed by atoms with Crippen molar-refractivity contribution in [1.29, 1.82) is 0 Å². The minimum Gasteiger partial charge on any atom is -0.464 e. The maximum absolute atomic E-state index is 11.4. The van der Waals surface area contributed by atoms with Gasteiger partial charge in [-0.1, -0.05) is 19.6 Å². The van der Waals surface area contributed by atoms with Gasteiger partial charge < -0.3 is 9.47 Å². The summed E-state index contributed by atoms with van der Waals surface area (Å²) in [5.74, 6) is -0.416. The van der Waals surface area contributed by atoms with Crippen molar-refractivity contribution in [2.24, 2.45) is 0 Å². The molecular weight excluding hydrogens is 363 g/mol. The second-order valence-corrected chi connectivity index (χ2v) is 12.0. The fourth-order valence-electron chi connectivity index (χ4n) is 1.23. The average molecular weight is 382 g/mol. The highest BCUT2D eigenvalue weighted by Gasteiger charge is 2.16. The van der Waals surface area contributed by atoms with Crippen LogP contribution in [0.1, 0.15) is 10.5 Å². The van der Waals surface area contributed by atoms with Gasteiger partial charge in [0.05, 0.1) is 10.7 Å². The zero-order chi connectivity index (χ0) is 13.8. The third kappa shape index (κ3) is 5.07. The zero-order valence-corrected chi connectivity index (χ0v) is 14.4. The van der Waals surface area contributed by atoms with E-state index in [0.29, 0.717) is 12.4 Å². The van der Waals surface area contributed by atoms with Crippen molar-refractivity contribution < 1.29 is 14.3 Å². The molecule has 1 heterocycles. The Bertz CT molecular complexity index is 415. The molecule has 0 aliphatic rings. The van der Waals surface area contributed by atoms with E-state index in [-0.39, 0.29) is 0 Å². The van der Waals surface area contributed by atoms with Crippen molar-refractivity contribution in [3.05, 3.63) is 15.5 Å². The summed E-state index contributed by atoms with van der Waals surface area (Å²) in [4.78, 5) is 11.4. The van der Waals surface area contributed by atoms with Crippen LogP contribution in [-0.2, 0) is 16.2 Å². The lowest BCUT2D eigenvalue weighted by atomic mass is 10.4. The fourth-order valence-corrected chi connectivity index (χ4v) is 2.64. The van der Waals surface area contributed by atoms with Gasteiger partial charge in [0.15, 0.2) is 5.69 Å². The summed E-state index contributed by atoms with van der Waals surface area (Å²) in [6, 6.07) is 1.12. The van der Waals surface area contributed by atoms with Gasteiger partial charge >= 0.3 is 5.97 Å². The Hall–Kier alpha value is -0.413. The van der Waals surface area contributed by atoms with E-state index in [2.05, 4.69) is 52.1 Å². The molecule has 18 heavy (non-hydrogen) atoms. The standard InChI is InChI=1S/C11H19IN2O3Si/c1-16-11(15)10-9(12)7-14(13-10)8-17-5-6-18(2,3)4/h7H,5-6,8H2,1-4H3. The molecule has 0 aromatic carbocycles. The van der Waals surface area contributed by atoms with E-state index < -0.39 is 14.0 Å². The van der Waals surface area contributed by atoms with Crippen molar-refractivity contribution in [2.75, 3.05) is 13.7 Å². The van der Waals surface area contributed by atoms with Crippen LogP contribution in [0.3, 0.4) is 0 Å². The summed E-state index contributed by atoms with van der Waals surface area (Å²) in [5.41, 5.74) is 0.340. The minimum atomic E-state index is -1.06. The fraction of sp³-hybridized carbons (Fsp3) is 0.636.